The molecule has 0 saturated heterocycles. The normalized spacial score (nSPS) is 17.2. The van der Waals surface area contributed by atoms with Crippen LogP contribution in [-0.2, 0) is 16.9 Å². The van der Waals surface area contributed by atoms with E-state index in [0.717, 1.165) is 5.56 Å². The SMILES string of the molecule is COc1ccc(C(=O)C[C@]2(O)C(=O)N(Cc3ccccc3)c3ccc(Br)cc32)c(OC)c1. The van der Waals surface area contributed by atoms with E-state index in [1.807, 2.05) is 36.4 Å². The molecule has 0 spiro atoms. The lowest BCUT2D eigenvalue weighted by Gasteiger charge is -2.23. The molecule has 7 heteroatoms. The lowest BCUT2D eigenvalue weighted by atomic mass is 9.88. The first-order valence-electron chi connectivity index (χ1n) is 10.0. The van der Waals surface area contributed by atoms with Crippen LogP contribution in [0.3, 0.4) is 0 Å². The van der Waals surface area contributed by atoms with Gasteiger partial charge >= 0.3 is 0 Å². The van der Waals surface area contributed by atoms with Gasteiger partial charge in [-0.3, -0.25) is 9.59 Å². The lowest BCUT2D eigenvalue weighted by molar-refractivity contribution is -0.136. The van der Waals surface area contributed by atoms with Gasteiger partial charge in [0.1, 0.15) is 11.5 Å². The summed E-state index contributed by atoms with van der Waals surface area (Å²) in [5.41, 5.74) is 0.179. The van der Waals surface area contributed by atoms with Gasteiger partial charge in [-0.05, 0) is 35.9 Å². The Labute approximate surface area is 194 Å². The van der Waals surface area contributed by atoms with Gasteiger partial charge in [-0.15, -0.1) is 0 Å². The Morgan fingerprint density at radius 3 is 2.47 bits per heavy atom. The second-order valence-electron chi connectivity index (χ2n) is 7.56. The molecule has 1 atom stereocenters. The highest BCUT2D eigenvalue weighted by molar-refractivity contribution is 9.10. The fraction of sp³-hybridized carbons (Fsp3) is 0.200. The van der Waals surface area contributed by atoms with Crippen LogP contribution in [0, 0.1) is 0 Å². The van der Waals surface area contributed by atoms with Gasteiger partial charge < -0.3 is 19.5 Å². The van der Waals surface area contributed by atoms with Gasteiger partial charge in [-0.1, -0.05) is 46.3 Å². The minimum Gasteiger partial charge on any atom is -0.497 e. The van der Waals surface area contributed by atoms with Crippen molar-refractivity contribution in [2.24, 2.45) is 0 Å². The minimum absolute atomic E-state index is 0.271. The fourth-order valence-electron chi connectivity index (χ4n) is 3.97. The highest BCUT2D eigenvalue weighted by Gasteiger charge is 2.51. The van der Waals surface area contributed by atoms with Crippen LogP contribution >= 0.6 is 15.9 Å². The average molecular weight is 496 g/mol. The lowest BCUT2D eigenvalue weighted by Crippen LogP contribution is -2.41. The number of amides is 1. The number of halogens is 1. The molecule has 0 radical (unpaired) electrons. The first-order chi connectivity index (χ1) is 15.4. The van der Waals surface area contributed by atoms with Gasteiger partial charge in [-0.25, -0.2) is 0 Å². The molecule has 0 unspecified atom stereocenters. The van der Waals surface area contributed by atoms with Crippen LogP contribution in [0.4, 0.5) is 5.69 Å². The van der Waals surface area contributed by atoms with Crippen LogP contribution in [0.1, 0.15) is 27.9 Å². The third-order valence-corrected chi connectivity index (χ3v) is 6.10. The zero-order valence-corrected chi connectivity index (χ0v) is 19.3. The number of benzene rings is 3. The number of carbonyl (C=O) groups excluding carboxylic acids is 2. The number of anilines is 1. The molecule has 1 heterocycles. The largest absolute Gasteiger partial charge is 0.497 e. The van der Waals surface area contributed by atoms with Crippen molar-refractivity contribution in [1.29, 1.82) is 0 Å². The summed E-state index contributed by atoms with van der Waals surface area (Å²) in [5.74, 6) is -0.0838. The average Bonchev–Trinajstić information content (AvgIpc) is 3.00. The Kier molecular flexibility index (Phi) is 6.04. The number of carbonyl (C=O) groups is 2. The van der Waals surface area contributed by atoms with Crippen LogP contribution in [0.15, 0.2) is 71.2 Å². The predicted molar refractivity (Wildman–Crippen MR) is 124 cm³/mol. The van der Waals surface area contributed by atoms with Crippen molar-refractivity contribution in [1.82, 2.24) is 0 Å². The van der Waals surface area contributed by atoms with E-state index in [0.29, 0.717) is 27.2 Å². The van der Waals surface area contributed by atoms with E-state index in [-0.39, 0.29) is 12.1 Å². The van der Waals surface area contributed by atoms with Crippen LogP contribution < -0.4 is 14.4 Å². The van der Waals surface area contributed by atoms with E-state index in [2.05, 4.69) is 15.9 Å². The van der Waals surface area contributed by atoms with Crippen molar-refractivity contribution in [2.75, 3.05) is 19.1 Å². The molecule has 3 aromatic rings. The standard InChI is InChI=1S/C25H22BrNO5/c1-31-18-9-10-19(23(13-18)32-2)22(28)14-25(30)20-12-17(26)8-11-21(20)27(24(25)29)15-16-6-4-3-5-7-16/h3-13,30H,14-15H2,1-2H3/t25-/m1/s1. The quantitative estimate of drug-likeness (QED) is 0.489. The molecule has 0 aromatic heterocycles. The third-order valence-electron chi connectivity index (χ3n) is 5.60. The smallest absolute Gasteiger partial charge is 0.264 e. The summed E-state index contributed by atoms with van der Waals surface area (Å²) in [6.07, 6.45) is -0.413. The molecule has 0 bridgehead atoms. The van der Waals surface area contributed by atoms with Crippen molar-refractivity contribution < 1.29 is 24.2 Å². The van der Waals surface area contributed by atoms with Gasteiger partial charge in [0.05, 0.1) is 38.4 Å². The molecular formula is C25H22BrNO5. The zero-order chi connectivity index (χ0) is 22.9. The van der Waals surface area contributed by atoms with E-state index in [1.165, 1.54) is 19.1 Å². The summed E-state index contributed by atoms with van der Waals surface area (Å²) in [7, 11) is 2.97. The minimum atomic E-state index is -1.99. The number of Topliss-reactive ketones (excluding diaryl/α,β-unsaturated/α-hetero) is 1. The summed E-state index contributed by atoms with van der Waals surface area (Å²) in [4.78, 5) is 28.2. The van der Waals surface area contributed by atoms with Gasteiger partial charge in [0.2, 0.25) is 0 Å². The van der Waals surface area contributed by atoms with Crippen LogP contribution in [-0.4, -0.2) is 31.0 Å². The maximum absolute atomic E-state index is 13.5. The summed E-state index contributed by atoms with van der Waals surface area (Å²) in [6, 6.07) is 19.6. The maximum atomic E-state index is 13.5. The predicted octanol–water partition coefficient (Wildman–Crippen LogP) is 4.47. The van der Waals surface area contributed by atoms with Crippen molar-refractivity contribution in [3.05, 3.63) is 87.9 Å². The monoisotopic (exact) mass is 495 g/mol. The van der Waals surface area contributed by atoms with E-state index < -0.39 is 23.7 Å². The highest BCUT2D eigenvalue weighted by atomic mass is 79.9. The van der Waals surface area contributed by atoms with E-state index in [4.69, 9.17) is 9.47 Å². The Hall–Kier alpha value is -3.16. The third kappa shape index (κ3) is 3.89. The summed E-state index contributed by atoms with van der Waals surface area (Å²) in [5, 5.41) is 11.6. The molecule has 164 valence electrons. The second-order valence-corrected chi connectivity index (χ2v) is 8.48. The van der Waals surface area contributed by atoms with E-state index in [9.17, 15) is 14.7 Å². The van der Waals surface area contributed by atoms with E-state index >= 15 is 0 Å². The molecule has 32 heavy (non-hydrogen) atoms. The van der Waals surface area contributed by atoms with Crippen molar-refractivity contribution in [3.63, 3.8) is 0 Å². The molecule has 1 aliphatic rings. The van der Waals surface area contributed by atoms with Crippen LogP contribution in [0.5, 0.6) is 11.5 Å². The number of hydrogen-bond donors (Lipinski definition) is 1. The number of rotatable bonds is 7. The maximum Gasteiger partial charge on any atom is 0.264 e. The van der Waals surface area contributed by atoms with Gasteiger partial charge in [0.15, 0.2) is 11.4 Å². The van der Waals surface area contributed by atoms with Crippen molar-refractivity contribution >= 4 is 33.3 Å². The summed E-state index contributed by atoms with van der Waals surface area (Å²) in [6.45, 7) is 0.288. The van der Waals surface area contributed by atoms with Gasteiger partial charge in [0, 0.05) is 16.1 Å². The molecule has 3 aromatic carbocycles. The molecular weight excluding hydrogens is 474 g/mol. The number of methoxy groups -OCH3 is 2. The molecule has 4 rings (SSSR count). The zero-order valence-electron chi connectivity index (χ0n) is 17.7. The molecule has 1 N–H and O–H groups in total. The van der Waals surface area contributed by atoms with Gasteiger partial charge in [-0.2, -0.15) is 0 Å². The molecule has 0 saturated carbocycles. The van der Waals surface area contributed by atoms with Crippen LogP contribution in [0.2, 0.25) is 0 Å². The summed E-state index contributed by atoms with van der Waals surface area (Å²) < 4.78 is 11.2. The number of hydrogen-bond acceptors (Lipinski definition) is 5. The first-order valence-corrected chi connectivity index (χ1v) is 10.8. The molecule has 0 fully saturated rings. The number of aliphatic hydroxyl groups is 1. The second kappa shape index (κ2) is 8.76. The molecule has 1 aliphatic heterocycles. The Morgan fingerprint density at radius 1 is 1.03 bits per heavy atom. The molecule has 6 nitrogen and oxygen atoms in total. The highest BCUT2D eigenvalue weighted by Crippen LogP contribution is 2.45. The molecule has 1 amide bonds. The van der Waals surface area contributed by atoms with Gasteiger partial charge in [0.25, 0.3) is 5.91 Å². The number of fused-ring (bicyclic) bond motifs is 1. The number of ether oxygens (including phenoxy) is 2. The number of ketones is 1. The topological polar surface area (TPSA) is 76.1 Å². The van der Waals surface area contributed by atoms with Crippen LogP contribution in [0.25, 0.3) is 0 Å². The molecule has 0 aliphatic carbocycles. The van der Waals surface area contributed by atoms with E-state index in [1.54, 1.807) is 30.3 Å². The first kappa shape index (κ1) is 22.0. The Morgan fingerprint density at radius 2 is 1.78 bits per heavy atom. The Balaban J connectivity index is 1.71. The number of nitrogens with zero attached hydrogens (tertiary/aromatic N) is 1. The fourth-order valence-corrected chi connectivity index (χ4v) is 4.33. The van der Waals surface area contributed by atoms with Crippen molar-refractivity contribution in [3.8, 4) is 11.5 Å². The Bertz CT molecular complexity index is 1180. The summed E-state index contributed by atoms with van der Waals surface area (Å²) >= 11 is 3.41. The van der Waals surface area contributed by atoms with Crippen molar-refractivity contribution in [2.45, 2.75) is 18.6 Å².